The Labute approximate surface area is 128 Å². The molecule has 4 heteroatoms. The molecule has 2 aromatic carbocycles. The first-order valence-electron chi connectivity index (χ1n) is 7.03. The lowest BCUT2D eigenvalue weighted by Crippen LogP contribution is -2.00. The van der Waals surface area contributed by atoms with Crippen molar-refractivity contribution in [3.63, 3.8) is 0 Å². The number of ether oxygens (including phenoxy) is 1. The first kappa shape index (κ1) is 14.2. The molecule has 0 aliphatic carbocycles. The third kappa shape index (κ3) is 2.44. The number of carbonyl (C=O) groups is 1. The summed E-state index contributed by atoms with van der Waals surface area (Å²) < 4.78 is 7.18. The first-order valence-corrected chi connectivity index (χ1v) is 7.03. The van der Waals surface area contributed by atoms with Gasteiger partial charge in [-0.15, -0.1) is 0 Å². The molecule has 0 atom stereocenters. The van der Waals surface area contributed by atoms with Crippen molar-refractivity contribution >= 4 is 16.9 Å². The molecule has 0 saturated heterocycles. The standard InChI is InChI=1S/C18H17NO3/c1-11-8-14(21)5-7-15(11)13-4-6-16-17(9-13)19(3)10-18(16)22-12(2)20/h4-10,21H,1-3H3. The van der Waals surface area contributed by atoms with Crippen LogP contribution in [0.5, 0.6) is 11.5 Å². The van der Waals surface area contributed by atoms with Crippen LogP contribution in [-0.4, -0.2) is 15.6 Å². The molecule has 1 aromatic heterocycles. The summed E-state index contributed by atoms with van der Waals surface area (Å²) in [5.74, 6) is 0.503. The predicted molar refractivity (Wildman–Crippen MR) is 86.1 cm³/mol. The highest BCUT2D eigenvalue weighted by Gasteiger charge is 2.11. The molecule has 0 fully saturated rings. The maximum atomic E-state index is 11.2. The van der Waals surface area contributed by atoms with E-state index in [9.17, 15) is 9.90 Å². The van der Waals surface area contributed by atoms with Crippen molar-refractivity contribution in [3.8, 4) is 22.6 Å². The Morgan fingerprint density at radius 1 is 1.18 bits per heavy atom. The second-order valence-corrected chi connectivity index (χ2v) is 5.43. The maximum absolute atomic E-state index is 11.2. The van der Waals surface area contributed by atoms with Crippen molar-refractivity contribution in [1.82, 2.24) is 4.57 Å². The summed E-state index contributed by atoms with van der Waals surface area (Å²) in [4.78, 5) is 11.2. The second kappa shape index (κ2) is 5.22. The van der Waals surface area contributed by atoms with Gasteiger partial charge < -0.3 is 14.4 Å². The van der Waals surface area contributed by atoms with Gasteiger partial charge in [-0.2, -0.15) is 0 Å². The van der Waals surface area contributed by atoms with Crippen LogP contribution in [0.4, 0.5) is 0 Å². The van der Waals surface area contributed by atoms with E-state index in [0.717, 1.165) is 27.6 Å². The lowest BCUT2D eigenvalue weighted by molar-refractivity contribution is -0.131. The number of aromatic nitrogens is 1. The Morgan fingerprint density at radius 3 is 2.64 bits per heavy atom. The molecule has 22 heavy (non-hydrogen) atoms. The average molecular weight is 295 g/mol. The molecule has 0 amide bonds. The van der Waals surface area contributed by atoms with Crippen LogP contribution in [0.15, 0.2) is 42.6 Å². The van der Waals surface area contributed by atoms with E-state index >= 15 is 0 Å². The fourth-order valence-corrected chi connectivity index (χ4v) is 2.72. The highest BCUT2D eigenvalue weighted by molar-refractivity contribution is 5.92. The van der Waals surface area contributed by atoms with Gasteiger partial charge in [0, 0.05) is 25.6 Å². The minimum Gasteiger partial charge on any atom is -0.508 e. The molecule has 0 radical (unpaired) electrons. The number of fused-ring (bicyclic) bond motifs is 1. The smallest absolute Gasteiger partial charge is 0.308 e. The summed E-state index contributed by atoms with van der Waals surface area (Å²) >= 11 is 0. The Morgan fingerprint density at radius 2 is 1.95 bits per heavy atom. The number of phenolic OH excluding ortho intramolecular Hbond substituents is 1. The number of nitrogens with zero attached hydrogens (tertiary/aromatic N) is 1. The van der Waals surface area contributed by atoms with Crippen molar-refractivity contribution in [2.75, 3.05) is 0 Å². The Hall–Kier alpha value is -2.75. The minimum atomic E-state index is -0.328. The number of hydrogen-bond donors (Lipinski definition) is 1. The molecular weight excluding hydrogens is 278 g/mol. The molecule has 3 rings (SSSR count). The third-order valence-electron chi connectivity index (χ3n) is 3.73. The number of phenols is 1. The molecule has 0 spiro atoms. The molecule has 1 heterocycles. The lowest BCUT2D eigenvalue weighted by Gasteiger charge is -2.08. The molecule has 0 saturated carbocycles. The fourth-order valence-electron chi connectivity index (χ4n) is 2.72. The molecule has 0 unspecified atom stereocenters. The molecule has 3 aromatic rings. The van der Waals surface area contributed by atoms with Gasteiger partial charge in [0.25, 0.3) is 0 Å². The number of rotatable bonds is 2. The molecule has 4 nitrogen and oxygen atoms in total. The fraction of sp³-hybridized carbons (Fsp3) is 0.167. The monoisotopic (exact) mass is 295 g/mol. The van der Waals surface area contributed by atoms with E-state index in [1.165, 1.54) is 6.92 Å². The summed E-state index contributed by atoms with van der Waals surface area (Å²) in [6.45, 7) is 3.36. The van der Waals surface area contributed by atoms with E-state index in [1.807, 2.05) is 36.7 Å². The summed E-state index contributed by atoms with van der Waals surface area (Å²) in [6.07, 6.45) is 1.81. The van der Waals surface area contributed by atoms with Gasteiger partial charge in [0.15, 0.2) is 5.75 Å². The zero-order valence-corrected chi connectivity index (χ0v) is 12.8. The quantitative estimate of drug-likeness (QED) is 0.732. The number of hydrogen-bond acceptors (Lipinski definition) is 3. The summed E-state index contributed by atoms with van der Waals surface area (Å²) in [7, 11) is 1.92. The van der Waals surface area contributed by atoms with Crippen LogP contribution in [-0.2, 0) is 11.8 Å². The third-order valence-corrected chi connectivity index (χ3v) is 3.73. The van der Waals surface area contributed by atoms with Crippen LogP contribution in [0.3, 0.4) is 0 Å². The molecule has 0 aliphatic heterocycles. The van der Waals surface area contributed by atoms with Crippen molar-refractivity contribution in [1.29, 1.82) is 0 Å². The van der Waals surface area contributed by atoms with Gasteiger partial charge in [-0.3, -0.25) is 4.79 Å². The molecule has 112 valence electrons. The zero-order valence-electron chi connectivity index (χ0n) is 12.8. The zero-order chi connectivity index (χ0) is 15.9. The van der Waals surface area contributed by atoms with Gasteiger partial charge in [-0.25, -0.2) is 0 Å². The van der Waals surface area contributed by atoms with Crippen molar-refractivity contribution in [3.05, 3.63) is 48.2 Å². The largest absolute Gasteiger partial charge is 0.508 e. The Bertz CT molecular complexity index is 877. The predicted octanol–water partition coefficient (Wildman–Crippen LogP) is 3.78. The van der Waals surface area contributed by atoms with Crippen LogP contribution in [0.25, 0.3) is 22.0 Å². The van der Waals surface area contributed by atoms with Crippen LogP contribution >= 0.6 is 0 Å². The van der Waals surface area contributed by atoms with Crippen LogP contribution in [0, 0.1) is 6.92 Å². The number of aryl methyl sites for hydroxylation is 2. The normalized spacial score (nSPS) is 10.9. The first-order chi connectivity index (χ1) is 10.5. The minimum absolute atomic E-state index is 0.262. The van der Waals surface area contributed by atoms with Gasteiger partial charge in [-0.05, 0) is 47.9 Å². The Kier molecular flexibility index (Phi) is 3.37. The number of aromatic hydroxyl groups is 1. The topological polar surface area (TPSA) is 51.5 Å². The van der Waals surface area contributed by atoms with E-state index in [1.54, 1.807) is 18.3 Å². The highest BCUT2D eigenvalue weighted by Crippen LogP contribution is 2.33. The van der Waals surface area contributed by atoms with E-state index in [0.29, 0.717) is 5.75 Å². The van der Waals surface area contributed by atoms with Crippen molar-refractivity contribution in [2.24, 2.45) is 7.05 Å². The van der Waals surface area contributed by atoms with Crippen LogP contribution in [0.1, 0.15) is 12.5 Å². The summed E-state index contributed by atoms with van der Waals surface area (Å²) in [5, 5.41) is 10.4. The van der Waals surface area contributed by atoms with E-state index < -0.39 is 0 Å². The summed E-state index contributed by atoms with van der Waals surface area (Å²) in [5.41, 5.74) is 4.12. The number of benzene rings is 2. The Balaban J connectivity index is 2.14. The van der Waals surface area contributed by atoms with Gasteiger partial charge in [-0.1, -0.05) is 12.1 Å². The highest BCUT2D eigenvalue weighted by atomic mass is 16.5. The van der Waals surface area contributed by atoms with Crippen LogP contribution < -0.4 is 4.74 Å². The molecular formula is C18H17NO3. The van der Waals surface area contributed by atoms with Gasteiger partial charge in [0.05, 0.1) is 5.52 Å². The van der Waals surface area contributed by atoms with Crippen LogP contribution in [0.2, 0.25) is 0 Å². The molecule has 0 aliphatic rings. The number of carbonyl (C=O) groups excluding carboxylic acids is 1. The van der Waals surface area contributed by atoms with Gasteiger partial charge in [0.1, 0.15) is 5.75 Å². The number of esters is 1. The SMILES string of the molecule is CC(=O)Oc1cn(C)c2cc(-c3ccc(O)cc3C)ccc12. The van der Waals surface area contributed by atoms with Crippen molar-refractivity contribution in [2.45, 2.75) is 13.8 Å². The van der Waals surface area contributed by atoms with E-state index in [2.05, 4.69) is 6.07 Å². The van der Waals surface area contributed by atoms with Gasteiger partial charge in [0.2, 0.25) is 0 Å². The molecule has 1 N–H and O–H groups in total. The van der Waals surface area contributed by atoms with E-state index in [-0.39, 0.29) is 11.7 Å². The average Bonchev–Trinajstić information content (AvgIpc) is 2.74. The van der Waals surface area contributed by atoms with E-state index in [4.69, 9.17) is 4.74 Å². The maximum Gasteiger partial charge on any atom is 0.308 e. The lowest BCUT2D eigenvalue weighted by atomic mass is 9.99. The van der Waals surface area contributed by atoms with Crippen molar-refractivity contribution < 1.29 is 14.6 Å². The van der Waals surface area contributed by atoms with Gasteiger partial charge >= 0.3 is 5.97 Å². The summed E-state index contributed by atoms with van der Waals surface area (Å²) in [6, 6.07) is 11.3. The second-order valence-electron chi connectivity index (χ2n) is 5.43. The molecule has 0 bridgehead atoms.